The second kappa shape index (κ2) is 5.88. The van der Waals surface area contributed by atoms with Crippen molar-refractivity contribution in [1.82, 2.24) is 10.2 Å². The SMILES string of the molecule is CCc1ccc(CN2C(=O)CNC(=O)C2C(C)(C)C)cc1. The van der Waals surface area contributed by atoms with Gasteiger partial charge < -0.3 is 10.2 Å². The number of carbonyl (C=O) groups is 2. The fourth-order valence-corrected chi connectivity index (χ4v) is 2.76. The highest BCUT2D eigenvalue weighted by Gasteiger charge is 2.41. The number of piperazine rings is 1. The molecular formula is C17H24N2O2. The Morgan fingerprint density at radius 3 is 2.24 bits per heavy atom. The van der Waals surface area contributed by atoms with Gasteiger partial charge in [0.05, 0.1) is 6.54 Å². The normalized spacial score (nSPS) is 19.6. The molecule has 0 spiro atoms. The lowest BCUT2D eigenvalue weighted by atomic mass is 9.83. The minimum atomic E-state index is -0.426. The van der Waals surface area contributed by atoms with E-state index in [0.29, 0.717) is 6.54 Å². The molecule has 1 heterocycles. The van der Waals surface area contributed by atoms with E-state index in [1.165, 1.54) is 5.56 Å². The van der Waals surface area contributed by atoms with E-state index in [1.54, 1.807) is 4.90 Å². The number of aryl methyl sites for hydroxylation is 1. The van der Waals surface area contributed by atoms with Gasteiger partial charge >= 0.3 is 0 Å². The van der Waals surface area contributed by atoms with Gasteiger partial charge in [0.2, 0.25) is 11.8 Å². The summed E-state index contributed by atoms with van der Waals surface area (Å²) in [5.41, 5.74) is 2.04. The Kier molecular flexibility index (Phi) is 4.35. The van der Waals surface area contributed by atoms with Crippen LogP contribution in [0.2, 0.25) is 0 Å². The lowest BCUT2D eigenvalue weighted by Crippen LogP contribution is -2.62. The molecule has 1 atom stereocenters. The van der Waals surface area contributed by atoms with Crippen molar-refractivity contribution < 1.29 is 9.59 Å². The van der Waals surface area contributed by atoms with E-state index in [4.69, 9.17) is 0 Å². The number of hydrogen-bond acceptors (Lipinski definition) is 2. The van der Waals surface area contributed by atoms with Crippen molar-refractivity contribution in [2.45, 2.75) is 46.7 Å². The summed E-state index contributed by atoms with van der Waals surface area (Å²) < 4.78 is 0. The Bertz CT molecular complexity index is 529. The fraction of sp³-hybridized carbons (Fsp3) is 0.529. The van der Waals surface area contributed by atoms with Crippen LogP contribution in [0.25, 0.3) is 0 Å². The summed E-state index contributed by atoms with van der Waals surface area (Å²) in [5.74, 6) is -0.0821. The highest BCUT2D eigenvalue weighted by molar-refractivity contribution is 5.95. The van der Waals surface area contributed by atoms with Gasteiger partial charge in [-0.2, -0.15) is 0 Å². The molecule has 1 N–H and O–H groups in total. The third-order valence-corrected chi connectivity index (χ3v) is 3.90. The van der Waals surface area contributed by atoms with Crippen molar-refractivity contribution in [2.24, 2.45) is 5.41 Å². The number of nitrogens with zero attached hydrogens (tertiary/aromatic N) is 1. The quantitative estimate of drug-likeness (QED) is 0.926. The van der Waals surface area contributed by atoms with Gasteiger partial charge in [0.25, 0.3) is 0 Å². The first kappa shape index (κ1) is 15.5. The van der Waals surface area contributed by atoms with Crippen LogP contribution in [-0.2, 0) is 22.6 Å². The molecule has 114 valence electrons. The summed E-state index contributed by atoms with van der Waals surface area (Å²) in [6.07, 6.45) is 0.996. The van der Waals surface area contributed by atoms with E-state index in [-0.39, 0.29) is 23.8 Å². The van der Waals surface area contributed by atoms with E-state index in [2.05, 4.69) is 24.4 Å². The van der Waals surface area contributed by atoms with Gasteiger partial charge in [-0.25, -0.2) is 0 Å². The van der Waals surface area contributed by atoms with Gasteiger partial charge in [0.1, 0.15) is 6.04 Å². The maximum Gasteiger partial charge on any atom is 0.243 e. The summed E-state index contributed by atoms with van der Waals surface area (Å²) in [5, 5.41) is 2.69. The average Bonchev–Trinajstić information content (AvgIpc) is 2.42. The van der Waals surface area contributed by atoms with Gasteiger partial charge in [-0.15, -0.1) is 0 Å². The minimum Gasteiger partial charge on any atom is -0.345 e. The predicted octanol–water partition coefficient (Wildman–Crippen LogP) is 2.12. The lowest BCUT2D eigenvalue weighted by molar-refractivity contribution is -0.150. The summed E-state index contributed by atoms with van der Waals surface area (Å²) in [6, 6.07) is 7.81. The van der Waals surface area contributed by atoms with Crippen molar-refractivity contribution in [3.8, 4) is 0 Å². The Balaban J connectivity index is 2.24. The molecule has 4 heteroatoms. The first-order valence-corrected chi connectivity index (χ1v) is 7.48. The van der Waals surface area contributed by atoms with Gasteiger partial charge in [0.15, 0.2) is 0 Å². The Labute approximate surface area is 126 Å². The molecule has 0 bridgehead atoms. The number of hydrogen-bond donors (Lipinski definition) is 1. The van der Waals surface area contributed by atoms with Crippen LogP contribution in [0.5, 0.6) is 0 Å². The van der Waals surface area contributed by atoms with Crippen LogP contribution in [0.4, 0.5) is 0 Å². The van der Waals surface area contributed by atoms with E-state index in [1.807, 2.05) is 32.9 Å². The zero-order chi connectivity index (χ0) is 15.6. The van der Waals surface area contributed by atoms with E-state index in [9.17, 15) is 9.59 Å². The topological polar surface area (TPSA) is 49.4 Å². The van der Waals surface area contributed by atoms with E-state index in [0.717, 1.165) is 12.0 Å². The van der Waals surface area contributed by atoms with Crippen LogP contribution in [0.3, 0.4) is 0 Å². The summed E-state index contributed by atoms with van der Waals surface area (Å²) in [6.45, 7) is 8.66. The molecule has 1 unspecified atom stereocenters. The molecular weight excluding hydrogens is 264 g/mol. The molecule has 2 rings (SSSR count). The second-order valence-electron chi connectivity index (χ2n) is 6.68. The summed E-state index contributed by atoms with van der Waals surface area (Å²) in [4.78, 5) is 26.1. The maximum atomic E-state index is 12.2. The van der Waals surface area contributed by atoms with Crippen molar-refractivity contribution in [3.63, 3.8) is 0 Å². The van der Waals surface area contributed by atoms with Crippen LogP contribution in [0, 0.1) is 5.41 Å². The van der Waals surface area contributed by atoms with Gasteiger partial charge in [-0.05, 0) is 23.0 Å². The molecule has 1 saturated heterocycles. The molecule has 21 heavy (non-hydrogen) atoms. The zero-order valence-corrected chi connectivity index (χ0v) is 13.3. The molecule has 1 aliphatic rings. The zero-order valence-electron chi connectivity index (χ0n) is 13.3. The molecule has 1 aromatic carbocycles. The fourth-order valence-electron chi connectivity index (χ4n) is 2.76. The molecule has 0 radical (unpaired) electrons. The number of benzene rings is 1. The maximum absolute atomic E-state index is 12.2. The average molecular weight is 288 g/mol. The lowest BCUT2D eigenvalue weighted by Gasteiger charge is -2.42. The summed E-state index contributed by atoms with van der Waals surface area (Å²) in [7, 11) is 0. The standard InChI is InChI=1S/C17H24N2O2/c1-5-12-6-8-13(9-7-12)11-19-14(20)10-18-16(21)15(19)17(2,3)4/h6-9,15H,5,10-11H2,1-4H3,(H,18,21). The van der Waals surface area contributed by atoms with Gasteiger partial charge in [-0.1, -0.05) is 52.0 Å². The van der Waals surface area contributed by atoms with Crippen molar-refractivity contribution in [1.29, 1.82) is 0 Å². The molecule has 4 nitrogen and oxygen atoms in total. The molecule has 0 aliphatic carbocycles. The van der Waals surface area contributed by atoms with E-state index < -0.39 is 6.04 Å². The van der Waals surface area contributed by atoms with Crippen molar-refractivity contribution in [3.05, 3.63) is 35.4 Å². The summed E-state index contributed by atoms with van der Waals surface area (Å²) >= 11 is 0. The number of amides is 2. The molecule has 1 aliphatic heterocycles. The first-order valence-electron chi connectivity index (χ1n) is 7.48. The highest BCUT2D eigenvalue weighted by Crippen LogP contribution is 2.28. The third kappa shape index (κ3) is 3.43. The molecule has 1 aromatic rings. The molecule has 1 fully saturated rings. The largest absolute Gasteiger partial charge is 0.345 e. The number of nitrogens with one attached hydrogen (secondary N) is 1. The minimum absolute atomic E-state index is 0.0194. The van der Waals surface area contributed by atoms with Crippen LogP contribution in [-0.4, -0.2) is 29.3 Å². The van der Waals surface area contributed by atoms with Crippen LogP contribution >= 0.6 is 0 Å². The predicted molar refractivity (Wildman–Crippen MR) is 82.6 cm³/mol. The Morgan fingerprint density at radius 1 is 1.14 bits per heavy atom. The van der Waals surface area contributed by atoms with Crippen LogP contribution < -0.4 is 5.32 Å². The van der Waals surface area contributed by atoms with E-state index >= 15 is 0 Å². The molecule has 0 saturated carbocycles. The number of rotatable bonds is 3. The highest BCUT2D eigenvalue weighted by atomic mass is 16.2. The van der Waals surface area contributed by atoms with Crippen molar-refractivity contribution >= 4 is 11.8 Å². The third-order valence-electron chi connectivity index (χ3n) is 3.90. The van der Waals surface area contributed by atoms with Crippen molar-refractivity contribution in [2.75, 3.05) is 6.54 Å². The Hall–Kier alpha value is -1.84. The van der Waals surface area contributed by atoms with Crippen LogP contribution in [0.15, 0.2) is 24.3 Å². The number of carbonyl (C=O) groups excluding carboxylic acids is 2. The first-order chi connectivity index (χ1) is 9.82. The van der Waals surface area contributed by atoms with Gasteiger partial charge in [-0.3, -0.25) is 9.59 Å². The molecule has 0 aromatic heterocycles. The Morgan fingerprint density at radius 2 is 1.71 bits per heavy atom. The van der Waals surface area contributed by atoms with Crippen LogP contribution in [0.1, 0.15) is 38.8 Å². The van der Waals surface area contributed by atoms with Gasteiger partial charge in [0, 0.05) is 6.54 Å². The molecule has 2 amide bonds. The smallest absolute Gasteiger partial charge is 0.243 e. The second-order valence-corrected chi connectivity index (χ2v) is 6.68. The monoisotopic (exact) mass is 288 g/mol.